The lowest BCUT2D eigenvalue weighted by molar-refractivity contribution is -0.144. The molecule has 0 saturated carbocycles. The summed E-state index contributed by atoms with van der Waals surface area (Å²) in [6.45, 7) is 2.35. The van der Waals surface area contributed by atoms with Crippen LogP contribution < -0.4 is 35.6 Å². The van der Waals surface area contributed by atoms with Crippen LogP contribution in [0.25, 0.3) is 65.8 Å². The number of carbonyl (C=O) groups excluding carboxylic acids is 1. The number of halogens is 4. The van der Waals surface area contributed by atoms with Crippen molar-refractivity contribution < 1.29 is 47.3 Å². The Balaban J connectivity index is 0.000000134. The van der Waals surface area contributed by atoms with Crippen molar-refractivity contribution in [3.8, 4) is 17.2 Å². The Bertz CT molecular complexity index is 3820. The molecule has 2 aliphatic rings. The number of ether oxygens (including phenoxy) is 3. The maximum Gasteiger partial charge on any atom is 0.310 e. The van der Waals surface area contributed by atoms with Gasteiger partial charge in [0.15, 0.2) is 16.7 Å². The van der Waals surface area contributed by atoms with Gasteiger partial charge >= 0.3 is 11.9 Å². The van der Waals surface area contributed by atoms with E-state index in [4.69, 9.17) is 67.4 Å². The van der Waals surface area contributed by atoms with E-state index in [1.54, 1.807) is 66.7 Å². The van der Waals surface area contributed by atoms with E-state index in [2.05, 4.69) is 20.8 Å². The van der Waals surface area contributed by atoms with Crippen molar-refractivity contribution in [2.45, 2.75) is 12.8 Å². The van der Waals surface area contributed by atoms with E-state index in [-0.39, 0.29) is 49.9 Å². The number of phenolic OH excluding ortho intramolecular Hbond substituents is 1. The van der Waals surface area contributed by atoms with Crippen LogP contribution in [0.5, 0.6) is 17.2 Å². The highest BCUT2D eigenvalue weighted by atomic mass is 79.9. The number of carboxylic acids is 1. The molecule has 2 aliphatic heterocycles. The molecule has 15 nitrogen and oxygen atoms in total. The molecule has 2 atom stereocenters. The third-order valence-electron chi connectivity index (χ3n) is 12.6. The molecule has 3 aromatic heterocycles. The lowest BCUT2D eigenvalue weighted by Crippen LogP contribution is -2.23. The molecule has 2 unspecified atom stereocenters. The quantitative estimate of drug-likeness (QED) is 0.118. The van der Waals surface area contributed by atoms with Crippen molar-refractivity contribution in [3.63, 3.8) is 0 Å². The van der Waals surface area contributed by atoms with Gasteiger partial charge in [0.2, 0.25) is 16.3 Å². The molecule has 364 valence electrons. The molecule has 5 heterocycles. The Hall–Kier alpha value is -6.98. The van der Waals surface area contributed by atoms with Crippen molar-refractivity contribution >= 4 is 140 Å². The first-order valence-electron chi connectivity index (χ1n) is 21.9. The van der Waals surface area contributed by atoms with Crippen LogP contribution in [-0.2, 0) is 14.3 Å². The molecule has 2 saturated heterocycles. The number of nitrogens with zero attached hydrogens (tertiary/aromatic N) is 2. The number of aromatic hydroxyl groups is 1. The van der Waals surface area contributed by atoms with E-state index in [0.717, 1.165) is 28.8 Å². The summed E-state index contributed by atoms with van der Waals surface area (Å²) in [5.41, 5.74) is 3.05. The number of anilines is 2. The Morgan fingerprint density at radius 1 is 0.592 bits per heavy atom. The maximum atomic E-state index is 13.0. The molecule has 0 aliphatic carbocycles. The number of carboxylic acid groups (broad SMARTS) is 1. The van der Waals surface area contributed by atoms with Gasteiger partial charge in [-0.25, -0.2) is 0 Å². The highest BCUT2D eigenvalue weighted by Crippen LogP contribution is 2.36. The average Bonchev–Trinajstić information content (AvgIpc) is 4.08. The molecule has 11 rings (SSSR count). The van der Waals surface area contributed by atoms with Gasteiger partial charge in [-0.1, -0.05) is 50.7 Å². The number of benzene rings is 6. The molecule has 2 N–H and O–H groups in total. The van der Waals surface area contributed by atoms with Gasteiger partial charge in [0.25, 0.3) is 0 Å². The number of methoxy groups -OCH3 is 3. The maximum absolute atomic E-state index is 13.0. The largest absolute Gasteiger partial charge is 0.507 e. The number of hydrogen-bond acceptors (Lipinski definition) is 14. The number of aliphatic carboxylic acids is 1. The molecule has 0 bridgehead atoms. The molecule has 2 fully saturated rings. The fraction of sp³-hybridized carbons (Fsp3) is 0.212. The van der Waals surface area contributed by atoms with Gasteiger partial charge in [-0.3, -0.25) is 24.0 Å². The van der Waals surface area contributed by atoms with Crippen molar-refractivity contribution in [2.75, 3.05) is 57.3 Å². The normalized spacial score (nSPS) is 15.5. The monoisotopic (exact) mass is 1080 g/mol. The van der Waals surface area contributed by atoms with Crippen molar-refractivity contribution in [1.82, 2.24) is 0 Å². The van der Waals surface area contributed by atoms with Crippen molar-refractivity contribution in [2.24, 2.45) is 11.8 Å². The first kappa shape index (κ1) is 49.0. The van der Waals surface area contributed by atoms with Crippen LogP contribution in [0.3, 0.4) is 0 Å². The van der Waals surface area contributed by atoms with Crippen LogP contribution in [0.1, 0.15) is 12.8 Å². The topological polar surface area (TPSA) is 199 Å². The SMILES string of the molecule is COC(=O)C1CCN(c2ccc3c(=O)c4c(OC)ccc(Cl)c4oc3c2)C1.COc1ccc(Cl)c2oc3cc(Br)ccc3c(=O)c12.O=C(O)C1CCN(c2ccc3c(=O)c4c(O)ccc(Cl)c4oc3c2)C1. The van der Waals surface area contributed by atoms with Gasteiger partial charge in [-0.2, -0.15) is 0 Å². The summed E-state index contributed by atoms with van der Waals surface area (Å²) in [6.07, 6.45) is 1.31. The zero-order valence-corrected chi connectivity index (χ0v) is 41.7. The standard InChI is InChI=1S/C20H18ClNO5.C18H14ClNO5.C14H8BrClO3/c1-25-15-6-5-14(21)19-17(15)18(23)13-4-3-12(9-16(13)27-19)22-8-7-11(10-22)20(24)26-2;19-12-3-4-13(21)15-16(22)11-2-1-10(7-14(11)25-17(12)15)20-6-5-9(8-20)18(23)24;1-18-10-5-4-9(16)14-12(10)13(17)8-3-2-7(15)6-11(8)19-14/h3-6,9,11H,7-8,10H2,1-2H3;1-4,7,9,21H,5-6,8H2,(H,23,24);2-6H,1H3. The minimum absolute atomic E-state index is 0.0554. The van der Waals surface area contributed by atoms with Crippen molar-refractivity contribution in [1.29, 1.82) is 0 Å². The number of fused-ring (bicyclic) bond motifs is 6. The van der Waals surface area contributed by atoms with E-state index in [1.165, 1.54) is 33.5 Å². The highest BCUT2D eigenvalue weighted by molar-refractivity contribution is 9.10. The lowest BCUT2D eigenvalue weighted by Gasteiger charge is -2.18. The van der Waals surface area contributed by atoms with Crippen LogP contribution in [0, 0.1) is 11.8 Å². The molecular formula is C52H40BrCl3N2O13. The van der Waals surface area contributed by atoms with Crippen LogP contribution in [-0.4, -0.2) is 69.7 Å². The highest BCUT2D eigenvalue weighted by Gasteiger charge is 2.30. The van der Waals surface area contributed by atoms with Gasteiger partial charge < -0.3 is 47.5 Å². The van der Waals surface area contributed by atoms with Crippen LogP contribution >= 0.6 is 50.7 Å². The Labute approximate surface area is 425 Å². The van der Waals surface area contributed by atoms with E-state index < -0.39 is 11.9 Å². The van der Waals surface area contributed by atoms with E-state index in [0.29, 0.717) is 102 Å². The smallest absolute Gasteiger partial charge is 0.310 e. The van der Waals surface area contributed by atoms with Gasteiger partial charge in [-0.15, -0.1) is 0 Å². The van der Waals surface area contributed by atoms with Crippen molar-refractivity contribution in [3.05, 3.63) is 141 Å². The Morgan fingerprint density at radius 2 is 1.01 bits per heavy atom. The number of carbonyl (C=O) groups is 2. The second-order valence-electron chi connectivity index (χ2n) is 16.7. The lowest BCUT2D eigenvalue weighted by atomic mass is 10.1. The van der Waals surface area contributed by atoms with Gasteiger partial charge in [0.05, 0.1) is 64.4 Å². The predicted octanol–water partition coefficient (Wildman–Crippen LogP) is 11.2. The van der Waals surface area contributed by atoms with E-state index >= 15 is 0 Å². The molecule has 6 aromatic carbocycles. The molecule has 19 heteroatoms. The first-order valence-corrected chi connectivity index (χ1v) is 23.8. The zero-order chi connectivity index (χ0) is 50.4. The zero-order valence-electron chi connectivity index (χ0n) is 37.8. The third-order valence-corrected chi connectivity index (χ3v) is 14.0. The molecule has 9 aromatic rings. The fourth-order valence-electron chi connectivity index (χ4n) is 8.93. The predicted molar refractivity (Wildman–Crippen MR) is 278 cm³/mol. The number of hydrogen-bond donors (Lipinski definition) is 2. The minimum atomic E-state index is -0.803. The third kappa shape index (κ3) is 9.28. The second kappa shape index (κ2) is 20.0. The summed E-state index contributed by atoms with van der Waals surface area (Å²) in [7, 11) is 4.41. The van der Waals surface area contributed by atoms with E-state index in [1.807, 2.05) is 17.0 Å². The molecule has 0 spiro atoms. The summed E-state index contributed by atoms with van der Waals surface area (Å²) in [5.74, 6) is -0.841. The average molecular weight is 1090 g/mol. The second-order valence-corrected chi connectivity index (χ2v) is 18.8. The molecule has 0 amide bonds. The van der Waals surface area contributed by atoms with Crippen LogP contribution in [0.2, 0.25) is 15.1 Å². The number of esters is 1. The minimum Gasteiger partial charge on any atom is -0.507 e. The first-order chi connectivity index (χ1) is 34.1. The van der Waals surface area contributed by atoms with Crippen LogP contribution in [0.15, 0.2) is 123 Å². The number of phenols is 1. The molecule has 0 radical (unpaired) electrons. The summed E-state index contributed by atoms with van der Waals surface area (Å²) in [5, 5.41) is 22.1. The van der Waals surface area contributed by atoms with Gasteiger partial charge in [0.1, 0.15) is 50.2 Å². The van der Waals surface area contributed by atoms with Crippen LogP contribution in [0.4, 0.5) is 11.4 Å². The summed E-state index contributed by atoms with van der Waals surface area (Å²) < 4.78 is 33.7. The summed E-state index contributed by atoms with van der Waals surface area (Å²) in [4.78, 5) is 65.1. The Kier molecular flexibility index (Phi) is 13.8. The summed E-state index contributed by atoms with van der Waals surface area (Å²) >= 11 is 21.8. The fourth-order valence-corrected chi connectivity index (χ4v) is 9.85. The molecule has 71 heavy (non-hydrogen) atoms. The Morgan fingerprint density at radius 3 is 1.48 bits per heavy atom. The summed E-state index contributed by atoms with van der Waals surface area (Å²) in [6, 6.07) is 25.2. The van der Waals surface area contributed by atoms with E-state index in [9.17, 15) is 29.1 Å². The van der Waals surface area contributed by atoms with Gasteiger partial charge in [0, 0.05) is 54.2 Å². The number of rotatable bonds is 6. The molecular weight excluding hydrogens is 1050 g/mol. The van der Waals surface area contributed by atoms with Gasteiger partial charge in [-0.05, 0) is 91.7 Å².